The van der Waals surface area contributed by atoms with Crippen LogP contribution in [0, 0.1) is 0 Å². The van der Waals surface area contributed by atoms with Crippen molar-refractivity contribution in [3.05, 3.63) is 12.2 Å². The van der Waals surface area contributed by atoms with E-state index in [4.69, 9.17) is 4.52 Å². The molecule has 13 heavy (non-hydrogen) atoms. The van der Waals surface area contributed by atoms with Gasteiger partial charge in [-0.15, -0.1) is 0 Å². The maximum absolute atomic E-state index is 4.96. The quantitative estimate of drug-likeness (QED) is 0.702. The molecule has 72 valence electrons. The van der Waals surface area contributed by atoms with Crippen molar-refractivity contribution in [3.8, 4) is 0 Å². The summed E-state index contributed by atoms with van der Waals surface area (Å²) in [6.45, 7) is 6.08. The molecule has 5 nitrogen and oxygen atoms in total. The lowest BCUT2D eigenvalue weighted by atomic mass is 10.1. The Morgan fingerprint density at radius 1 is 1.69 bits per heavy atom. The average molecular weight is 182 g/mol. The van der Waals surface area contributed by atoms with Crippen LogP contribution in [-0.2, 0) is 6.54 Å². The van der Waals surface area contributed by atoms with E-state index in [0.29, 0.717) is 11.9 Å². The van der Waals surface area contributed by atoms with Crippen molar-refractivity contribution >= 4 is 0 Å². The van der Waals surface area contributed by atoms with Gasteiger partial charge in [0.15, 0.2) is 6.33 Å². The third-order valence-corrected chi connectivity index (χ3v) is 2.43. The number of aromatic nitrogens is 2. The number of likely N-dealkylation sites (N-methyl/N-ethyl adjacent to an activating group) is 1. The van der Waals surface area contributed by atoms with Gasteiger partial charge in [0.1, 0.15) is 0 Å². The van der Waals surface area contributed by atoms with Gasteiger partial charge in [-0.05, 0) is 6.54 Å². The monoisotopic (exact) mass is 182 g/mol. The van der Waals surface area contributed by atoms with Gasteiger partial charge in [-0.1, -0.05) is 12.1 Å². The van der Waals surface area contributed by atoms with E-state index in [1.807, 2.05) is 0 Å². The normalized spacial score (nSPS) is 17.7. The number of hydrogen-bond donors (Lipinski definition) is 1. The van der Waals surface area contributed by atoms with Crippen LogP contribution < -0.4 is 5.32 Å². The molecule has 0 atom stereocenters. The summed E-state index contributed by atoms with van der Waals surface area (Å²) in [5.41, 5.74) is 0. The van der Waals surface area contributed by atoms with Crippen molar-refractivity contribution < 1.29 is 4.52 Å². The van der Waals surface area contributed by atoms with Gasteiger partial charge in [-0.25, -0.2) is 0 Å². The number of nitrogens with zero attached hydrogens (tertiary/aromatic N) is 3. The summed E-state index contributed by atoms with van der Waals surface area (Å²) in [6.07, 6.45) is 1.45. The molecule has 0 saturated carbocycles. The maximum Gasteiger partial charge on any atom is 0.240 e. The minimum atomic E-state index is 0.636. The first-order valence-electron chi connectivity index (χ1n) is 4.60. The van der Waals surface area contributed by atoms with Gasteiger partial charge in [0.25, 0.3) is 0 Å². The van der Waals surface area contributed by atoms with Crippen LogP contribution in [0.3, 0.4) is 0 Å². The molecule has 5 heteroatoms. The molecule has 1 aromatic rings. The molecular formula is C8H14N4O. The molecule has 0 aliphatic carbocycles. The first kappa shape index (κ1) is 8.65. The Morgan fingerprint density at radius 3 is 3.00 bits per heavy atom. The molecule has 1 fully saturated rings. The van der Waals surface area contributed by atoms with E-state index in [9.17, 15) is 0 Å². The van der Waals surface area contributed by atoms with Crippen molar-refractivity contribution in [1.82, 2.24) is 20.4 Å². The van der Waals surface area contributed by atoms with E-state index in [2.05, 4.69) is 27.3 Å². The second-order valence-corrected chi connectivity index (χ2v) is 3.21. The molecule has 0 aromatic carbocycles. The molecule has 1 N–H and O–H groups in total. The lowest BCUT2D eigenvalue weighted by Crippen LogP contribution is -2.56. The van der Waals surface area contributed by atoms with E-state index in [0.717, 1.165) is 26.2 Å². The van der Waals surface area contributed by atoms with E-state index < -0.39 is 0 Å². The topological polar surface area (TPSA) is 54.2 Å². The van der Waals surface area contributed by atoms with Gasteiger partial charge >= 0.3 is 0 Å². The summed E-state index contributed by atoms with van der Waals surface area (Å²) in [4.78, 5) is 6.34. The van der Waals surface area contributed by atoms with E-state index in [1.165, 1.54) is 6.33 Å². The van der Waals surface area contributed by atoms with Crippen molar-refractivity contribution in [3.63, 3.8) is 0 Å². The highest BCUT2D eigenvalue weighted by Gasteiger charge is 2.24. The molecule has 0 spiro atoms. The largest absolute Gasteiger partial charge is 0.338 e. The van der Waals surface area contributed by atoms with E-state index in [1.54, 1.807) is 0 Å². The van der Waals surface area contributed by atoms with Crippen molar-refractivity contribution in [2.45, 2.75) is 19.5 Å². The van der Waals surface area contributed by atoms with E-state index >= 15 is 0 Å². The smallest absolute Gasteiger partial charge is 0.240 e. The fourth-order valence-electron chi connectivity index (χ4n) is 1.47. The van der Waals surface area contributed by atoms with Crippen LogP contribution in [-0.4, -0.2) is 40.7 Å². The Hall–Kier alpha value is -0.940. The molecule has 1 saturated heterocycles. The number of hydrogen-bond acceptors (Lipinski definition) is 5. The van der Waals surface area contributed by atoms with Gasteiger partial charge in [-0.2, -0.15) is 4.98 Å². The fourth-order valence-corrected chi connectivity index (χ4v) is 1.47. The zero-order chi connectivity index (χ0) is 9.10. The molecule has 0 bridgehead atoms. The molecule has 1 aliphatic rings. The summed E-state index contributed by atoms with van der Waals surface area (Å²) in [5.74, 6) is 0.703. The third-order valence-electron chi connectivity index (χ3n) is 2.43. The fraction of sp³-hybridized carbons (Fsp3) is 0.750. The molecule has 0 unspecified atom stereocenters. The maximum atomic E-state index is 4.96. The minimum Gasteiger partial charge on any atom is -0.338 e. The first-order valence-corrected chi connectivity index (χ1v) is 4.60. The molecule has 2 heterocycles. The molecule has 1 aliphatic heterocycles. The van der Waals surface area contributed by atoms with Crippen molar-refractivity contribution in [1.29, 1.82) is 0 Å². The molecule has 0 amide bonds. The first-order chi connectivity index (χ1) is 6.40. The minimum absolute atomic E-state index is 0.636. The summed E-state index contributed by atoms with van der Waals surface area (Å²) in [7, 11) is 0. The molecule has 0 radical (unpaired) electrons. The van der Waals surface area contributed by atoms with Gasteiger partial charge in [0.2, 0.25) is 5.89 Å². The second-order valence-electron chi connectivity index (χ2n) is 3.21. The lowest BCUT2D eigenvalue weighted by Gasteiger charge is -2.36. The van der Waals surface area contributed by atoms with Crippen LogP contribution >= 0.6 is 0 Å². The average Bonchev–Trinajstić information content (AvgIpc) is 2.52. The molecule has 1 aromatic heterocycles. The highest BCUT2D eigenvalue weighted by molar-refractivity contribution is 4.86. The van der Waals surface area contributed by atoms with Gasteiger partial charge in [-0.3, -0.25) is 4.90 Å². The Morgan fingerprint density at radius 2 is 2.54 bits per heavy atom. The summed E-state index contributed by atoms with van der Waals surface area (Å²) >= 11 is 0. The van der Waals surface area contributed by atoms with Crippen LogP contribution in [0.4, 0.5) is 0 Å². The Labute approximate surface area is 77.1 Å². The Kier molecular flexibility index (Phi) is 2.56. The highest BCUT2D eigenvalue weighted by atomic mass is 16.5. The predicted molar refractivity (Wildman–Crippen MR) is 47.0 cm³/mol. The van der Waals surface area contributed by atoms with Crippen LogP contribution in [0.5, 0.6) is 0 Å². The molecule has 2 rings (SSSR count). The number of nitrogens with one attached hydrogen (secondary N) is 1. The summed E-state index contributed by atoms with van der Waals surface area (Å²) < 4.78 is 4.96. The van der Waals surface area contributed by atoms with Crippen LogP contribution in [0.15, 0.2) is 10.9 Å². The van der Waals surface area contributed by atoms with Gasteiger partial charge < -0.3 is 9.84 Å². The molecular weight excluding hydrogens is 168 g/mol. The van der Waals surface area contributed by atoms with Gasteiger partial charge in [0, 0.05) is 19.1 Å². The van der Waals surface area contributed by atoms with E-state index in [-0.39, 0.29) is 0 Å². The zero-order valence-electron chi connectivity index (χ0n) is 7.73. The zero-order valence-corrected chi connectivity index (χ0v) is 7.73. The summed E-state index contributed by atoms with van der Waals surface area (Å²) in [6, 6.07) is 0.636. The van der Waals surface area contributed by atoms with Crippen LogP contribution in [0.1, 0.15) is 12.8 Å². The van der Waals surface area contributed by atoms with Crippen molar-refractivity contribution in [2.75, 3.05) is 19.6 Å². The summed E-state index contributed by atoms with van der Waals surface area (Å²) in [5, 5.41) is 6.83. The number of rotatable bonds is 4. The standard InChI is InChI=1S/C8H14N4O/c1-2-12(7-3-9-4-7)5-8-10-6-11-13-8/h6-7,9H,2-5H2,1H3. The van der Waals surface area contributed by atoms with Gasteiger partial charge in [0.05, 0.1) is 6.54 Å². The highest BCUT2D eigenvalue weighted by Crippen LogP contribution is 2.08. The van der Waals surface area contributed by atoms with Crippen molar-refractivity contribution in [2.24, 2.45) is 0 Å². The second kappa shape index (κ2) is 3.85. The third kappa shape index (κ3) is 1.87. The lowest BCUT2D eigenvalue weighted by molar-refractivity contribution is 0.129. The Bertz CT molecular complexity index is 245. The predicted octanol–water partition coefficient (Wildman–Crippen LogP) is -0.137. The van der Waals surface area contributed by atoms with Crippen LogP contribution in [0.25, 0.3) is 0 Å². The SMILES string of the molecule is CCN(Cc1ncno1)C1CNC1. The Balaban J connectivity index is 1.90. The van der Waals surface area contributed by atoms with Crippen LogP contribution in [0.2, 0.25) is 0 Å².